The molecule has 7 heteroatoms. The number of amides is 1. The predicted octanol–water partition coefficient (Wildman–Crippen LogP) is -0.269. The minimum Gasteiger partial charge on any atom is -0.364 e. The van der Waals surface area contributed by atoms with Crippen molar-refractivity contribution in [3.8, 4) is 0 Å². The molecule has 1 amide bonds. The van der Waals surface area contributed by atoms with Crippen molar-refractivity contribution in [2.24, 2.45) is 16.5 Å². The number of hydrogen-bond donors (Lipinski definition) is 2. The summed E-state index contributed by atoms with van der Waals surface area (Å²) in [5.41, 5.74) is 9.72. The molecule has 6 nitrogen and oxygen atoms in total. The number of hydrogen-bond acceptors (Lipinski definition) is 5. The van der Waals surface area contributed by atoms with Crippen LogP contribution in [0.5, 0.6) is 0 Å². The van der Waals surface area contributed by atoms with Gasteiger partial charge in [0.15, 0.2) is 5.54 Å². The lowest BCUT2D eigenvalue weighted by Gasteiger charge is -2.30. The molecule has 0 saturated carbocycles. The second kappa shape index (κ2) is 4.79. The van der Waals surface area contributed by atoms with Crippen molar-refractivity contribution in [3.63, 3.8) is 0 Å². The summed E-state index contributed by atoms with van der Waals surface area (Å²) >= 11 is 0. The van der Waals surface area contributed by atoms with Crippen LogP contribution in [0.15, 0.2) is 23.2 Å². The molecule has 18 heavy (non-hydrogen) atoms. The Morgan fingerprint density at radius 3 is 2.94 bits per heavy atom. The standard InChI is InChI=1S/C11H13FN4O2/c12-5-11(6-18-9(13)4-15-11)8-3-1-2-7(16-8)10(14)17/h1-4,9H,5-6,13H2,(H2,14,17). The van der Waals surface area contributed by atoms with E-state index in [1.165, 1.54) is 12.3 Å². The van der Waals surface area contributed by atoms with E-state index in [9.17, 15) is 9.18 Å². The van der Waals surface area contributed by atoms with Crippen molar-refractivity contribution in [2.75, 3.05) is 13.3 Å². The first-order valence-electron chi connectivity index (χ1n) is 5.33. The minimum absolute atomic E-state index is 0.0314. The molecule has 0 radical (unpaired) electrons. The van der Waals surface area contributed by atoms with Gasteiger partial charge in [0.05, 0.1) is 12.3 Å². The van der Waals surface area contributed by atoms with Gasteiger partial charge in [0.2, 0.25) is 0 Å². The number of aliphatic imine (C=N–C) groups is 1. The molecule has 0 aliphatic carbocycles. The van der Waals surface area contributed by atoms with Crippen LogP contribution in [0.25, 0.3) is 0 Å². The maximum absolute atomic E-state index is 13.3. The molecule has 2 heterocycles. The van der Waals surface area contributed by atoms with E-state index in [1.54, 1.807) is 12.1 Å². The van der Waals surface area contributed by atoms with Crippen molar-refractivity contribution in [3.05, 3.63) is 29.6 Å². The first kappa shape index (κ1) is 12.6. The zero-order chi connectivity index (χ0) is 13.2. The number of alkyl halides is 1. The van der Waals surface area contributed by atoms with E-state index in [0.717, 1.165) is 0 Å². The molecule has 96 valence electrons. The third-order valence-electron chi connectivity index (χ3n) is 2.68. The van der Waals surface area contributed by atoms with E-state index in [1.807, 2.05) is 0 Å². The van der Waals surface area contributed by atoms with Crippen LogP contribution < -0.4 is 11.5 Å². The second-order valence-corrected chi connectivity index (χ2v) is 3.99. The van der Waals surface area contributed by atoms with Crippen LogP contribution in [0.2, 0.25) is 0 Å². The van der Waals surface area contributed by atoms with E-state index in [-0.39, 0.29) is 12.3 Å². The number of primary amides is 1. The van der Waals surface area contributed by atoms with Crippen LogP contribution in [0.3, 0.4) is 0 Å². The Hall–Kier alpha value is -1.86. The Morgan fingerprint density at radius 2 is 2.39 bits per heavy atom. The van der Waals surface area contributed by atoms with Crippen LogP contribution in [0, 0.1) is 0 Å². The first-order valence-corrected chi connectivity index (χ1v) is 5.33. The topological polar surface area (TPSA) is 104 Å². The third kappa shape index (κ3) is 2.22. The molecule has 2 unspecified atom stereocenters. The number of pyridine rings is 1. The molecule has 1 aliphatic heterocycles. The number of rotatable bonds is 3. The van der Waals surface area contributed by atoms with Crippen molar-refractivity contribution in [2.45, 2.75) is 11.8 Å². The zero-order valence-corrected chi connectivity index (χ0v) is 9.54. The lowest BCUT2D eigenvalue weighted by molar-refractivity contribution is 0.0361. The van der Waals surface area contributed by atoms with Crippen molar-refractivity contribution >= 4 is 12.1 Å². The molecular weight excluding hydrogens is 239 g/mol. The average Bonchev–Trinajstić information content (AvgIpc) is 2.40. The number of halogens is 1. The van der Waals surface area contributed by atoms with Gasteiger partial charge in [0, 0.05) is 6.21 Å². The quantitative estimate of drug-likeness (QED) is 0.772. The Morgan fingerprint density at radius 1 is 1.61 bits per heavy atom. The van der Waals surface area contributed by atoms with Gasteiger partial charge < -0.3 is 16.2 Å². The molecule has 0 fully saturated rings. The largest absolute Gasteiger partial charge is 0.364 e. The van der Waals surface area contributed by atoms with Crippen LogP contribution >= 0.6 is 0 Å². The maximum atomic E-state index is 13.3. The SMILES string of the molecule is NC(=O)c1cccc(C2(CF)COC(N)C=N2)n1. The molecule has 0 aromatic carbocycles. The van der Waals surface area contributed by atoms with E-state index < -0.39 is 24.3 Å². The molecular formula is C11H13FN4O2. The summed E-state index contributed by atoms with van der Waals surface area (Å²) in [5.74, 6) is -0.678. The zero-order valence-electron chi connectivity index (χ0n) is 9.54. The fourth-order valence-corrected chi connectivity index (χ4v) is 1.64. The number of nitrogens with zero attached hydrogens (tertiary/aromatic N) is 2. The van der Waals surface area contributed by atoms with Crippen molar-refractivity contribution in [1.82, 2.24) is 4.98 Å². The number of aromatic nitrogens is 1. The number of nitrogens with two attached hydrogens (primary N) is 2. The van der Waals surface area contributed by atoms with Gasteiger partial charge in [-0.25, -0.2) is 9.37 Å². The lowest BCUT2D eigenvalue weighted by atomic mass is 9.97. The summed E-state index contributed by atoms with van der Waals surface area (Å²) in [5, 5.41) is 0. The summed E-state index contributed by atoms with van der Waals surface area (Å²) in [4.78, 5) is 19.1. The van der Waals surface area contributed by atoms with Gasteiger partial charge in [0.25, 0.3) is 5.91 Å². The third-order valence-corrected chi connectivity index (χ3v) is 2.68. The number of carbonyl (C=O) groups is 1. The van der Waals surface area contributed by atoms with Gasteiger partial charge in [-0.3, -0.25) is 9.79 Å². The van der Waals surface area contributed by atoms with Crippen LogP contribution in [0.4, 0.5) is 4.39 Å². The molecule has 2 atom stereocenters. The monoisotopic (exact) mass is 252 g/mol. The first-order chi connectivity index (χ1) is 8.57. The van der Waals surface area contributed by atoms with E-state index >= 15 is 0 Å². The summed E-state index contributed by atoms with van der Waals surface area (Å²) in [6, 6.07) is 4.60. The highest BCUT2D eigenvalue weighted by Gasteiger charge is 2.37. The molecule has 4 N–H and O–H groups in total. The van der Waals surface area contributed by atoms with Gasteiger partial charge in [0.1, 0.15) is 18.6 Å². The van der Waals surface area contributed by atoms with Gasteiger partial charge in [-0.15, -0.1) is 0 Å². The van der Waals surface area contributed by atoms with Crippen LogP contribution in [-0.4, -0.2) is 36.6 Å². The fraction of sp³-hybridized carbons (Fsp3) is 0.364. The van der Waals surface area contributed by atoms with E-state index in [2.05, 4.69) is 9.98 Å². The number of ether oxygens (including phenoxy) is 1. The second-order valence-electron chi connectivity index (χ2n) is 3.99. The van der Waals surface area contributed by atoms with Crippen molar-refractivity contribution < 1.29 is 13.9 Å². The highest BCUT2D eigenvalue weighted by molar-refractivity contribution is 5.90. The normalized spacial score (nSPS) is 27.1. The molecule has 1 aliphatic rings. The predicted molar refractivity (Wildman–Crippen MR) is 62.8 cm³/mol. The molecule has 1 aromatic rings. The van der Waals surface area contributed by atoms with Gasteiger partial charge in [-0.2, -0.15) is 0 Å². The molecule has 0 spiro atoms. The van der Waals surface area contributed by atoms with E-state index in [0.29, 0.717) is 5.69 Å². The smallest absolute Gasteiger partial charge is 0.267 e. The minimum atomic E-state index is -1.25. The van der Waals surface area contributed by atoms with E-state index in [4.69, 9.17) is 16.2 Å². The fourth-order valence-electron chi connectivity index (χ4n) is 1.64. The summed E-state index contributed by atoms with van der Waals surface area (Å²) in [6.07, 6.45) is 0.672. The lowest BCUT2D eigenvalue weighted by Crippen LogP contribution is -2.43. The molecule has 0 bridgehead atoms. The van der Waals surface area contributed by atoms with Crippen LogP contribution in [-0.2, 0) is 10.3 Å². The highest BCUT2D eigenvalue weighted by atomic mass is 19.1. The van der Waals surface area contributed by atoms with Gasteiger partial charge >= 0.3 is 0 Å². The maximum Gasteiger partial charge on any atom is 0.267 e. The Kier molecular flexibility index (Phi) is 3.35. The Bertz CT molecular complexity index is 494. The van der Waals surface area contributed by atoms with Gasteiger partial charge in [-0.05, 0) is 12.1 Å². The Balaban J connectivity index is 2.42. The number of carbonyl (C=O) groups excluding carboxylic acids is 1. The summed E-state index contributed by atoms with van der Waals surface area (Å²) in [7, 11) is 0. The molecule has 0 saturated heterocycles. The summed E-state index contributed by atoms with van der Waals surface area (Å²) < 4.78 is 18.5. The molecule has 2 rings (SSSR count). The van der Waals surface area contributed by atoms with Crippen molar-refractivity contribution in [1.29, 1.82) is 0 Å². The Labute approximate surface area is 103 Å². The van der Waals surface area contributed by atoms with Gasteiger partial charge in [-0.1, -0.05) is 6.07 Å². The van der Waals surface area contributed by atoms with Crippen LogP contribution in [0.1, 0.15) is 16.2 Å². The highest BCUT2D eigenvalue weighted by Crippen LogP contribution is 2.28. The molecule has 1 aromatic heterocycles. The summed E-state index contributed by atoms with van der Waals surface area (Å²) in [6.45, 7) is -0.832. The average molecular weight is 252 g/mol.